The van der Waals surface area contributed by atoms with Gasteiger partial charge in [-0.3, -0.25) is 14.8 Å². The summed E-state index contributed by atoms with van der Waals surface area (Å²) in [6.07, 6.45) is 1.25. The highest BCUT2D eigenvalue weighted by molar-refractivity contribution is 6.32. The summed E-state index contributed by atoms with van der Waals surface area (Å²) in [5.74, 6) is -0.500. The molecule has 8 heteroatoms. The maximum absolute atomic E-state index is 12.0. The molecule has 0 saturated carbocycles. The average molecular weight is 337 g/mol. The number of aromatic amines is 1. The lowest BCUT2D eigenvalue weighted by atomic mass is 10.3. The van der Waals surface area contributed by atoms with Gasteiger partial charge in [-0.15, -0.1) is 0 Å². The Morgan fingerprint density at radius 1 is 1.35 bits per heavy atom. The van der Waals surface area contributed by atoms with E-state index >= 15 is 0 Å². The number of aromatic hydroxyl groups is 1. The lowest BCUT2D eigenvalue weighted by molar-refractivity contribution is 0.420. The number of nitrogens with zero attached hydrogens (tertiary/aromatic N) is 3. The number of hydrogen-bond acceptors (Lipinski definition) is 5. The molecule has 0 saturated heterocycles. The topological polar surface area (TPSA) is 90.7 Å². The van der Waals surface area contributed by atoms with E-state index in [2.05, 4.69) is 9.98 Å². The van der Waals surface area contributed by atoms with Gasteiger partial charge in [-0.05, 0) is 26.2 Å². The van der Waals surface area contributed by atoms with Crippen LogP contribution in [-0.4, -0.2) is 53.0 Å². The van der Waals surface area contributed by atoms with E-state index in [1.165, 1.54) is 6.21 Å². The first-order valence-corrected chi connectivity index (χ1v) is 7.27. The zero-order chi connectivity index (χ0) is 17.0. The van der Waals surface area contributed by atoms with E-state index < -0.39 is 17.1 Å². The van der Waals surface area contributed by atoms with Gasteiger partial charge in [0.25, 0.3) is 5.56 Å². The third kappa shape index (κ3) is 3.88. The van der Waals surface area contributed by atoms with Crippen molar-refractivity contribution in [3.8, 4) is 11.6 Å². The molecule has 1 aromatic heterocycles. The third-order valence-electron chi connectivity index (χ3n) is 3.11. The summed E-state index contributed by atoms with van der Waals surface area (Å²) in [5, 5.41) is 10.6. The molecular weight excluding hydrogens is 320 g/mol. The van der Waals surface area contributed by atoms with Crippen molar-refractivity contribution in [3.63, 3.8) is 0 Å². The Labute approximate surface area is 137 Å². The highest BCUT2D eigenvalue weighted by Crippen LogP contribution is 2.22. The number of aliphatic imine (C=N–C) groups is 1. The molecule has 0 amide bonds. The third-order valence-corrected chi connectivity index (χ3v) is 3.43. The quantitative estimate of drug-likeness (QED) is 0.792. The Morgan fingerprint density at radius 2 is 2.04 bits per heavy atom. The molecule has 7 nitrogen and oxygen atoms in total. The summed E-state index contributed by atoms with van der Waals surface area (Å²) in [6.45, 7) is 1.15. The summed E-state index contributed by atoms with van der Waals surface area (Å²) < 4.78 is 0.942. The smallest absolute Gasteiger partial charge is 0.335 e. The van der Waals surface area contributed by atoms with E-state index in [9.17, 15) is 14.7 Å². The molecule has 23 heavy (non-hydrogen) atoms. The Hall–Kier alpha value is -2.38. The molecular formula is C15H17ClN4O3. The summed E-state index contributed by atoms with van der Waals surface area (Å²) in [4.78, 5) is 32.1. The first-order chi connectivity index (χ1) is 10.9. The molecule has 0 aliphatic rings. The van der Waals surface area contributed by atoms with Crippen molar-refractivity contribution in [3.05, 3.63) is 55.7 Å². The van der Waals surface area contributed by atoms with E-state index in [-0.39, 0.29) is 16.3 Å². The van der Waals surface area contributed by atoms with Crippen molar-refractivity contribution >= 4 is 17.8 Å². The molecule has 1 aromatic carbocycles. The number of aromatic nitrogens is 2. The Balaban J connectivity index is 2.50. The monoisotopic (exact) mass is 336 g/mol. The fraction of sp³-hybridized carbons (Fsp3) is 0.267. The van der Waals surface area contributed by atoms with Gasteiger partial charge in [-0.1, -0.05) is 23.7 Å². The maximum atomic E-state index is 12.0. The molecule has 0 atom stereocenters. The molecule has 1 heterocycles. The van der Waals surface area contributed by atoms with Gasteiger partial charge >= 0.3 is 5.69 Å². The van der Waals surface area contributed by atoms with E-state index in [0.717, 1.165) is 4.57 Å². The molecule has 0 fully saturated rings. The Bertz CT molecular complexity index is 839. The first-order valence-electron chi connectivity index (χ1n) is 6.89. The number of para-hydroxylation sites is 1. The summed E-state index contributed by atoms with van der Waals surface area (Å²) in [7, 11) is 3.80. The van der Waals surface area contributed by atoms with Crippen molar-refractivity contribution in [1.82, 2.24) is 14.5 Å². The number of likely N-dealkylation sites (N-methyl/N-ethyl adjacent to an activating group) is 1. The van der Waals surface area contributed by atoms with Crippen molar-refractivity contribution in [2.45, 2.75) is 0 Å². The molecule has 0 unspecified atom stereocenters. The van der Waals surface area contributed by atoms with Gasteiger partial charge < -0.3 is 10.0 Å². The van der Waals surface area contributed by atoms with Crippen LogP contribution < -0.4 is 11.2 Å². The van der Waals surface area contributed by atoms with Crippen LogP contribution in [0.5, 0.6) is 5.88 Å². The van der Waals surface area contributed by atoms with Gasteiger partial charge in [0.1, 0.15) is 5.56 Å². The molecule has 0 aliphatic heterocycles. The SMILES string of the molecule is CN(C)CCN=Cc1c(O)n(-c2ccccc2Cl)c(=O)[nH]c1=O. The summed E-state index contributed by atoms with van der Waals surface area (Å²) in [5.41, 5.74) is -1.30. The van der Waals surface area contributed by atoms with Crippen LogP contribution in [0.1, 0.15) is 5.56 Å². The molecule has 2 aromatic rings. The predicted molar refractivity (Wildman–Crippen MR) is 90.3 cm³/mol. The number of H-pyrrole nitrogens is 1. The lowest BCUT2D eigenvalue weighted by Gasteiger charge is -2.11. The molecule has 0 bridgehead atoms. The van der Waals surface area contributed by atoms with Crippen molar-refractivity contribution in [1.29, 1.82) is 0 Å². The minimum atomic E-state index is -0.772. The van der Waals surface area contributed by atoms with Gasteiger partial charge in [0, 0.05) is 12.8 Å². The van der Waals surface area contributed by atoms with Crippen LogP contribution in [0.3, 0.4) is 0 Å². The van der Waals surface area contributed by atoms with Crippen molar-refractivity contribution in [2.75, 3.05) is 27.2 Å². The van der Waals surface area contributed by atoms with Crippen molar-refractivity contribution in [2.24, 2.45) is 4.99 Å². The van der Waals surface area contributed by atoms with Crippen LogP contribution in [-0.2, 0) is 0 Å². The number of rotatable bonds is 5. The standard InChI is InChI=1S/C15H17ClN4O3/c1-19(2)8-7-17-9-10-13(21)18-15(23)20(14(10)22)12-6-4-3-5-11(12)16/h3-6,9,22H,7-8H2,1-2H3,(H,18,21,23). The van der Waals surface area contributed by atoms with Gasteiger partial charge in [0.2, 0.25) is 5.88 Å². The van der Waals surface area contributed by atoms with E-state index in [1.807, 2.05) is 19.0 Å². The van der Waals surface area contributed by atoms with E-state index in [0.29, 0.717) is 13.1 Å². The van der Waals surface area contributed by atoms with Crippen LogP contribution >= 0.6 is 11.6 Å². The number of halogens is 1. The lowest BCUT2D eigenvalue weighted by Crippen LogP contribution is -2.31. The molecule has 2 rings (SSSR count). The summed E-state index contributed by atoms with van der Waals surface area (Å²) >= 11 is 6.05. The van der Waals surface area contributed by atoms with Gasteiger partial charge in [0.05, 0.1) is 17.3 Å². The number of nitrogens with one attached hydrogen (secondary N) is 1. The fourth-order valence-corrected chi connectivity index (χ4v) is 2.15. The van der Waals surface area contributed by atoms with Gasteiger partial charge in [-0.2, -0.15) is 0 Å². The number of benzene rings is 1. The molecule has 2 N–H and O–H groups in total. The highest BCUT2D eigenvalue weighted by Gasteiger charge is 2.15. The molecule has 0 aliphatic carbocycles. The largest absolute Gasteiger partial charge is 0.493 e. The predicted octanol–water partition coefficient (Wildman–Crippen LogP) is 0.865. The zero-order valence-electron chi connectivity index (χ0n) is 12.8. The number of hydrogen-bond donors (Lipinski definition) is 2. The molecule has 0 radical (unpaired) electrons. The highest BCUT2D eigenvalue weighted by atomic mass is 35.5. The second kappa shape index (κ2) is 7.26. The van der Waals surface area contributed by atoms with Crippen molar-refractivity contribution < 1.29 is 5.11 Å². The maximum Gasteiger partial charge on any atom is 0.335 e. The van der Waals surface area contributed by atoms with Gasteiger partial charge in [-0.25, -0.2) is 9.36 Å². The van der Waals surface area contributed by atoms with Crippen LogP contribution in [0.4, 0.5) is 0 Å². The fourth-order valence-electron chi connectivity index (χ4n) is 1.93. The molecule has 0 spiro atoms. The Morgan fingerprint density at radius 3 is 2.70 bits per heavy atom. The Kier molecular flexibility index (Phi) is 5.36. The minimum absolute atomic E-state index is 0.0942. The molecule has 122 valence electrons. The van der Waals surface area contributed by atoms with Crippen LogP contribution in [0, 0.1) is 0 Å². The van der Waals surface area contributed by atoms with E-state index in [1.54, 1.807) is 24.3 Å². The zero-order valence-corrected chi connectivity index (χ0v) is 13.5. The minimum Gasteiger partial charge on any atom is -0.493 e. The van der Waals surface area contributed by atoms with Crippen LogP contribution in [0.25, 0.3) is 5.69 Å². The summed E-state index contributed by atoms with van der Waals surface area (Å²) in [6, 6.07) is 6.51. The van der Waals surface area contributed by atoms with Gasteiger partial charge in [0.15, 0.2) is 0 Å². The second-order valence-corrected chi connectivity index (χ2v) is 5.53. The van der Waals surface area contributed by atoms with Crippen LogP contribution in [0.2, 0.25) is 5.02 Å². The first kappa shape index (κ1) is 17.0. The second-order valence-electron chi connectivity index (χ2n) is 5.12. The van der Waals surface area contributed by atoms with E-state index in [4.69, 9.17) is 11.6 Å². The van der Waals surface area contributed by atoms with Crippen LogP contribution in [0.15, 0.2) is 38.8 Å². The normalized spacial score (nSPS) is 11.5. The average Bonchev–Trinajstić information content (AvgIpc) is 2.47.